The molecule has 0 bridgehead atoms. The van der Waals surface area contributed by atoms with E-state index in [0.29, 0.717) is 25.9 Å². The number of benzene rings is 2. The number of halogens is 2. The Balaban J connectivity index is 0.00000243. The average Bonchev–Trinajstić information content (AvgIpc) is 2.67. The van der Waals surface area contributed by atoms with Crippen molar-refractivity contribution in [3.8, 4) is 5.75 Å². The first-order chi connectivity index (χ1) is 12.2. The molecule has 2 aromatic rings. The summed E-state index contributed by atoms with van der Waals surface area (Å²) in [6, 6.07) is 14.1. The Morgan fingerprint density at radius 3 is 2.69 bits per heavy atom. The number of nitrogens with one attached hydrogen (secondary N) is 1. The van der Waals surface area contributed by atoms with E-state index >= 15 is 0 Å². The molecule has 140 valence electrons. The van der Waals surface area contributed by atoms with Gasteiger partial charge in [-0.2, -0.15) is 0 Å². The predicted octanol–water partition coefficient (Wildman–Crippen LogP) is 3.36. The van der Waals surface area contributed by atoms with Gasteiger partial charge in [-0.05, 0) is 30.2 Å². The highest BCUT2D eigenvalue weighted by Gasteiger charge is 2.29. The molecule has 0 spiro atoms. The lowest BCUT2D eigenvalue weighted by Gasteiger charge is -2.37. The Bertz CT molecular complexity index is 724. The van der Waals surface area contributed by atoms with Crippen LogP contribution in [0.1, 0.15) is 23.6 Å². The normalized spacial score (nSPS) is 16.7. The number of para-hydroxylation sites is 1. The van der Waals surface area contributed by atoms with Crippen molar-refractivity contribution in [2.24, 2.45) is 0 Å². The van der Waals surface area contributed by atoms with Crippen molar-refractivity contribution in [3.63, 3.8) is 0 Å². The largest absolute Gasteiger partial charge is 0.496 e. The van der Waals surface area contributed by atoms with Gasteiger partial charge >= 0.3 is 0 Å². The lowest BCUT2D eigenvalue weighted by Crippen LogP contribution is -2.48. The Kier molecular flexibility index (Phi) is 7.42. The van der Waals surface area contributed by atoms with E-state index in [1.165, 1.54) is 12.1 Å². The van der Waals surface area contributed by atoms with E-state index in [0.717, 1.165) is 23.4 Å². The van der Waals surface area contributed by atoms with Gasteiger partial charge < -0.3 is 15.0 Å². The quantitative estimate of drug-likeness (QED) is 0.867. The number of carbonyl (C=O) groups excluding carboxylic acids is 1. The molecule has 1 saturated heterocycles. The molecular weight excluding hydrogens is 355 g/mol. The highest BCUT2D eigenvalue weighted by Crippen LogP contribution is 2.30. The lowest BCUT2D eigenvalue weighted by atomic mass is 10.0. The van der Waals surface area contributed by atoms with Crippen LogP contribution in [0.2, 0.25) is 0 Å². The van der Waals surface area contributed by atoms with Crippen LogP contribution < -0.4 is 10.1 Å². The highest BCUT2D eigenvalue weighted by molar-refractivity contribution is 5.85. The van der Waals surface area contributed by atoms with Crippen LogP contribution >= 0.6 is 12.4 Å². The fourth-order valence-electron chi connectivity index (χ4n) is 3.27. The first-order valence-corrected chi connectivity index (χ1v) is 8.56. The van der Waals surface area contributed by atoms with E-state index < -0.39 is 0 Å². The van der Waals surface area contributed by atoms with Crippen molar-refractivity contribution < 1.29 is 13.9 Å². The monoisotopic (exact) mass is 378 g/mol. The number of ether oxygens (including phenoxy) is 1. The van der Waals surface area contributed by atoms with Crippen molar-refractivity contribution in [1.82, 2.24) is 10.2 Å². The summed E-state index contributed by atoms with van der Waals surface area (Å²) >= 11 is 0. The maximum absolute atomic E-state index is 13.0. The second kappa shape index (κ2) is 9.55. The van der Waals surface area contributed by atoms with Crippen LogP contribution in [-0.2, 0) is 11.2 Å². The van der Waals surface area contributed by atoms with Crippen LogP contribution in [0.5, 0.6) is 5.75 Å². The molecule has 1 atom stereocenters. The average molecular weight is 379 g/mol. The molecule has 1 aliphatic heterocycles. The summed E-state index contributed by atoms with van der Waals surface area (Å²) in [4.78, 5) is 14.7. The summed E-state index contributed by atoms with van der Waals surface area (Å²) in [6.07, 6.45) is 1.03. The van der Waals surface area contributed by atoms with E-state index in [1.807, 2.05) is 29.2 Å². The van der Waals surface area contributed by atoms with E-state index in [1.54, 1.807) is 19.2 Å². The van der Waals surface area contributed by atoms with Gasteiger partial charge in [-0.1, -0.05) is 30.3 Å². The minimum Gasteiger partial charge on any atom is -0.496 e. The minimum absolute atomic E-state index is 0. The standard InChI is InChI=1S/C20H23FN2O2.ClH/c1-25-19-5-3-2-4-17(19)18-14-22-12-13-23(18)20(24)11-8-15-6-9-16(21)10-7-15;/h2-7,9-10,18,22H,8,11-14H2,1H3;1H. The van der Waals surface area contributed by atoms with Crippen molar-refractivity contribution in [1.29, 1.82) is 0 Å². The van der Waals surface area contributed by atoms with Crippen molar-refractivity contribution >= 4 is 18.3 Å². The molecule has 4 nitrogen and oxygen atoms in total. The molecule has 0 saturated carbocycles. The summed E-state index contributed by atoms with van der Waals surface area (Å²) in [6.45, 7) is 2.17. The van der Waals surface area contributed by atoms with Gasteiger partial charge in [0.1, 0.15) is 11.6 Å². The maximum Gasteiger partial charge on any atom is 0.223 e. The summed E-state index contributed by atoms with van der Waals surface area (Å²) in [5.74, 6) is 0.655. The molecule has 1 N–H and O–H groups in total. The smallest absolute Gasteiger partial charge is 0.223 e. The second-order valence-electron chi connectivity index (χ2n) is 6.18. The van der Waals surface area contributed by atoms with Crippen LogP contribution in [-0.4, -0.2) is 37.6 Å². The fraction of sp³-hybridized carbons (Fsp3) is 0.350. The number of amides is 1. The van der Waals surface area contributed by atoms with Crippen molar-refractivity contribution in [3.05, 3.63) is 65.5 Å². The molecule has 0 aliphatic carbocycles. The van der Waals surface area contributed by atoms with Gasteiger partial charge in [-0.3, -0.25) is 4.79 Å². The predicted molar refractivity (Wildman–Crippen MR) is 102 cm³/mol. The summed E-state index contributed by atoms with van der Waals surface area (Å²) in [7, 11) is 1.65. The molecule has 1 fully saturated rings. The number of hydrogen-bond donors (Lipinski definition) is 1. The molecule has 1 amide bonds. The zero-order chi connectivity index (χ0) is 17.6. The first kappa shape index (κ1) is 20.2. The van der Waals surface area contributed by atoms with Crippen LogP contribution in [0.4, 0.5) is 4.39 Å². The molecule has 0 aromatic heterocycles. The van der Waals surface area contributed by atoms with Gasteiger partial charge in [0.25, 0.3) is 0 Å². The highest BCUT2D eigenvalue weighted by atomic mass is 35.5. The van der Waals surface area contributed by atoms with E-state index in [2.05, 4.69) is 5.32 Å². The SMILES string of the molecule is COc1ccccc1C1CNCCN1C(=O)CCc1ccc(F)cc1.Cl. The van der Waals surface area contributed by atoms with Crippen LogP contribution in [0.3, 0.4) is 0 Å². The Morgan fingerprint density at radius 2 is 1.96 bits per heavy atom. The minimum atomic E-state index is -0.256. The van der Waals surface area contributed by atoms with E-state index in [4.69, 9.17) is 4.74 Å². The molecular formula is C20H24ClFN2O2. The second-order valence-corrected chi connectivity index (χ2v) is 6.18. The van der Waals surface area contributed by atoms with Gasteiger partial charge in [0.05, 0.1) is 13.2 Å². The van der Waals surface area contributed by atoms with E-state index in [-0.39, 0.29) is 30.2 Å². The molecule has 1 heterocycles. The van der Waals surface area contributed by atoms with Crippen molar-refractivity contribution in [2.45, 2.75) is 18.9 Å². The number of carbonyl (C=O) groups is 1. The molecule has 0 radical (unpaired) electrons. The fourth-order valence-corrected chi connectivity index (χ4v) is 3.27. The Hall–Kier alpha value is -2.11. The first-order valence-electron chi connectivity index (χ1n) is 8.56. The molecule has 3 rings (SSSR count). The number of rotatable bonds is 5. The zero-order valence-corrected chi connectivity index (χ0v) is 15.6. The summed E-state index contributed by atoms with van der Waals surface area (Å²) in [5, 5.41) is 3.36. The molecule has 6 heteroatoms. The number of piperazine rings is 1. The van der Waals surface area contributed by atoms with Crippen LogP contribution in [0.15, 0.2) is 48.5 Å². The van der Waals surface area contributed by atoms with Gasteiger partial charge in [0, 0.05) is 31.6 Å². The van der Waals surface area contributed by atoms with Gasteiger partial charge in [0.2, 0.25) is 5.91 Å². The van der Waals surface area contributed by atoms with Gasteiger partial charge in [0.15, 0.2) is 0 Å². The third-order valence-corrected chi connectivity index (χ3v) is 4.60. The van der Waals surface area contributed by atoms with E-state index in [9.17, 15) is 9.18 Å². The third kappa shape index (κ3) is 4.74. The molecule has 2 aromatic carbocycles. The number of nitrogens with zero attached hydrogens (tertiary/aromatic N) is 1. The number of aryl methyl sites for hydroxylation is 1. The third-order valence-electron chi connectivity index (χ3n) is 4.60. The van der Waals surface area contributed by atoms with Crippen LogP contribution in [0.25, 0.3) is 0 Å². The van der Waals surface area contributed by atoms with Gasteiger partial charge in [-0.15, -0.1) is 12.4 Å². The zero-order valence-electron chi connectivity index (χ0n) is 14.8. The Morgan fingerprint density at radius 1 is 1.23 bits per heavy atom. The molecule has 26 heavy (non-hydrogen) atoms. The number of hydrogen-bond acceptors (Lipinski definition) is 3. The number of methoxy groups -OCH3 is 1. The Labute approximate surface area is 159 Å². The summed E-state index contributed by atoms with van der Waals surface area (Å²) in [5.41, 5.74) is 1.99. The van der Waals surface area contributed by atoms with Crippen LogP contribution in [0, 0.1) is 5.82 Å². The lowest BCUT2D eigenvalue weighted by molar-refractivity contribution is -0.134. The topological polar surface area (TPSA) is 41.6 Å². The summed E-state index contributed by atoms with van der Waals surface area (Å²) < 4.78 is 18.5. The molecule has 1 unspecified atom stereocenters. The van der Waals surface area contributed by atoms with Gasteiger partial charge in [-0.25, -0.2) is 4.39 Å². The molecule has 1 aliphatic rings. The maximum atomic E-state index is 13.0. The van der Waals surface area contributed by atoms with Crippen molar-refractivity contribution in [2.75, 3.05) is 26.7 Å².